The van der Waals surface area contributed by atoms with Gasteiger partial charge in [0.05, 0.1) is 5.02 Å². The second-order valence-electron chi connectivity index (χ2n) is 4.86. The minimum absolute atomic E-state index is 0.0680. The van der Waals surface area contributed by atoms with E-state index in [0.717, 1.165) is 4.90 Å². The summed E-state index contributed by atoms with van der Waals surface area (Å²) in [7, 11) is 1.55. The number of amides is 3. The van der Waals surface area contributed by atoms with E-state index < -0.39 is 0 Å². The predicted molar refractivity (Wildman–Crippen MR) is 99.9 cm³/mol. The van der Waals surface area contributed by atoms with Crippen molar-refractivity contribution in [2.75, 3.05) is 23.4 Å². The van der Waals surface area contributed by atoms with Crippen LogP contribution in [0.4, 0.5) is 16.2 Å². The highest BCUT2D eigenvalue weighted by Gasteiger charge is 2.05. The molecule has 0 bridgehead atoms. The Morgan fingerprint density at radius 1 is 1.00 bits per heavy atom. The van der Waals surface area contributed by atoms with Crippen molar-refractivity contribution in [3.05, 3.63) is 53.6 Å². The molecule has 0 saturated heterocycles. The molecule has 0 radical (unpaired) electrons. The maximum absolute atomic E-state index is 12.0. The van der Waals surface area contributed by atoms with Crippen LogP contribution in [0.25, 0.3) is 0 Å². The smallest absolute Gasteiger partial charge is 0.318 e. The first-order valence-corrected chi connectivity index (χ1v) is 8.71. The quantitative estimate of drug-likeness (QED) is 0.673. The Kier molecular flexibility index (Phi) is 6.96. The van der Waals surface area contributed by atoms with Crippen molar-refractivity contribution in [3.8, 4) is 0 Å². The summed E-state index contributed by atoms with van der Waals surface area (Å²) in [5.41, 5.74) is 1.34. The molecule has 0 spiro atoms. The van der Waals surface area contributed by atoms with Gasteiger partial charge in [0.2, 0.25) is 5.91 Å². The Balaban J connectivity index is 1.78. The zero-order valence-corrected chi connectivity index (χ0v) is 14.7. The Labute approximate surface area is 150 Å². The third kappa shape index (κ3) is 5.79. The number of urea groups is 1. The molecule has 0 aliphatic rings. The van der Waals surface area contributed by atoms with Crippen molar-refractivity contribution >= 4 is 46.7 Å². The van der Waals surface area contributed by atoms with Crippen molar-refractivity contribution in [2.24, 2.45) is 0 Å². The lowest BCUT2D eigenvalue weighted by Gasteiger charge is -2.08. The van der Waals surface area contributed by atoms with E-state index >= 15 is 0 Å². The van der Waals surface area contributed by atoms with Gasteiger partial charge in [0.25, 0.3) is 0 Å². The van der Waals surface area contributed by atoms with Crippen LogP contribution in [0, 0.1) is 0 Å². The molecule has 0 unspecified atom stereocenters. The fourth-order valence-electron chi connectivity index (χ4n) is 1.87. The maximum atomic E-state index is 12.0. The molecule has 0 aromatic heterocycles. The Morgan fingerprint density at radius 3 is 2.25 bits per heavy atom. The van der Waals surface area contributed by atoms with Crippen LogP contribution in [0.1, 0.15) is 6.42 Å². The molecule has 126 valence electrons. The third-order valence-corrected chi connectivity index (χ3v) is 4.59. The number of halogens is 1. The molecule has 5 nitrogen and oxygen atoms in total. The van der Waals surface area contributed by atoms with Gasteiger partial charge in [0, 0.05) is 35.5 Å². The average molecular weight is 364 g/mol. The van der Waals surface area contributed by atoms with Crippen molar-refractivity contribution in [1.82, 2.24) is 5.32 Å². The molecular weight excluding hydrogens is 346 g/mol. The van der Waals surface area contributed by atoms with Gasteiger partial charge in [0.15, 0.2) is 0 Å². The van der Waals surface area contributed by atoms with Gasteiger partial charge < -0.3 is 16.0 Å². The van der Waals surface area contributed by atoms with E-state index in [1.807, 2.05) is 24.3 Å². The number of rotatable bonds is 6. The molecular formula is C17H18ClN3O2S. The normalized spacial score (nSPS) is 10.1. The number of anilines is 2. The van der Waals surface area contributed by atoms with Crippen LogP contribution in [0.5, 0.6) is 0 Å². The molecule has 0 aliphatic carbocycles. The van der Waals surface area contributed by atoms with Gasteiger partial charge in [-0.1, -0.05) is 23.7 Å². The van der Waals surface area contributed by atoms with Gasteiger partial charge in [-0.2, -0.15) is 0 Å². The number of nitrogens with one attached hydrogen (secondary N) is 3. The van der Waals surface area contributed by atoms with Crippen molar-refractivity contribution in [3.63, 3.8) is 0 Å². The monoisotopic (exact) mass is 363 g/mol. The van der Waals surface area contributed by atoms with Gasteiger partial charge >= 0.3 is 6.03 Å². The Hall–Kier alpha value is -2.18. The van der Waals surface area contributed by atoms with E-state index in [-0.39, 0.29) is 11.9 Å². The van der Waals surface area contributed by atoms with Crippen molar-refractivity contribution in [2.45, 2.75) is 11.3 Å². The summed E-state index contributed by atoms with van der Waals surface area (Å²) in [6.07, 6.45) is 0.383. The molecule has 7 heteroatoms. The van der Waals surface area contributed by atoms with Crippen LogP contribution in [-0.2, 0) is 4.79 Å². The van der Waals surface area contributed by atoms with Crippen LogP contribution in [0.3, 0.4) is 0 Å². The first-order valence-electron chi connectivity index (χ1n) is 7.34. The van der Waals surface area contributed by atoms with Crippen molar-refractivity contribution < 1.29 is 9.59 Å². The number of carbonyl (C=O) groups is 2. The highest BCUT2D eigenvalue weighted by Crippen LogP contribution is 2.27. The van der Waals surface area contributed by atoms with E-state index in [2.05, 4.69) is 16.0 Å². The van der Waals surface area contributed by atoms with Crippen LogP contribution in [0.2, 0.25) is 5.02 Å². The first kappa shape index (κ1) is 18.2. The summed E-state index contributed by atoms with van der Waals surface area (Å²) in [6.45, 7) is 0. The first-order chi connectivity index (χ1) is 11.6. The molecule has 3 amide bonds. The van der Waals surface area contributed by atoms with E-state index in [1.165, 1.54) is 0 Å². The number of benzene rings is 2. The lowest BCUT2D eigenvalue weighted by atomic mass is 10.2. The minimum atomic E-state index is -0.289. The van der Waals surface area contributed by atoms with Gasteiger partial charge in [-0.05, 0) is 36.4 Å². The zero-order chi connectivity index (χ0) is 17.4. The second-order valence-corrected chi connectivity index (χ2v) is 6.40. The van der Waals surface area contributed by atoms with Gasteiger partial charge in [-0.25, -0.2) is 4.79 Å². The molecule has 24 heavy (non-hydrogen) atoms. The van der Waals surface area contributed by atoms with Gasteiger partial charge in [-0.3, -0.25) is 4.79 Å². The largest absolute Gasteiger partial charge is 0.341 e. The lowest BCUT2D eigenvalue weighted by Crippen LogP contribution is -2.24. The SMILES string of the molecule is CNC(=O)Nc1ccc(NC(=O)CCSc2ccccc2Cl)cc1. The molecule has 0 saturated carbocycles. The molecule has 0 heterocycles. The summed E-state index contributed by atoms with van der Waals surface area (Å²) in [6, 6.07) is 14.2. The van der Waals surface area contributed by atoms with E-state index in [1.54, 1.807) is 43.1 Å². The molecule has 0 aliphatic heterocycles. The maximum Gasteiger partial charge on any atom is 0.318 e. The van der Waals surface area contributed by atoms with Gasteiger partial charge in [-0.15, -0.1) is 11.8 Å². The summed E-state index contributed by atoms with van der Waals surface area (Å²) in [5.74, 6) is 0.577. The number of thioether (sulfide) groups is 1. The predicted octanol–water partition coefficient (Wildman–Crippen LogP) is 4.21. The fourth-order valence-corrected chi connectivity index (χ4v) is 3.06. The molecule has 2 rings (SSSR count). The standard InChI is InChI=1S/C17H18ClN3O2S/c1-19-17(23)21-13-8-6-12(7-9-13)20-16(22)10-11-24-15-5-3-2-4-14(15)18/h2-9H,10-11H2,1H3,(H,20,22)(H2,19,21,23). The lowest BCUT2D eigenvalue weighted by molar-refractivity contribution is -0.115. The minimum Gasteiger partial charge on any atom is -0.341 e. The van der Waals surface area contributed by atoms with E-state index in [4.69, 9.17) is 11.6 Å². The molecule has 2 aromatic carbocycles. The summed E-state index contributed by atoms with van der Waals surface area (Å²) < 4.78 is 0. The summed E-state index contributed by atoms with van der Waals surface area (Å²) >= 11 is 7.63. The molecule has 3 N–H and O–H groups in total. The second kappa shape index (κ2) is 9.20. The summed E-state index contributed by atoms with van der Waals surface area (Å²) in [4.78, 5) is 24.1. The number of hydrogen-bond donors (Lipinski definition) is 3. The third-order valence-electron chi connectivity index (χ3n) is 3.08. The number of carbonyl (C=O) groups excluding carboxylic acids is 2. The number of hydrogen-bond acceptors (Lipinski definition) is 3. The molecule has 0 fully saturated rings. The molecule has 2 aromatic rings. The fraction of sp³-hybridized carbons (Fsp3) is 0.176. The highest BCUT2D eigenvalue weighted by atomic mass is 35.5. The Bertz CT molecular complexity index is 707. The van der Waals surface area contributed by atoms with E-state index in [0.29, 0.717) is 28.6 Å². The van der Waals surface area contributed by atoms with Crippen molar-refractivity contribution in [1.29, 1.82) is 0 Å². The molecule has 0 atom stereocenters. The highest BCUT2D eigenvalue weighted by molar-refractivity contribution is 7.99. The van der Waals surface area contributed by atoms with Crippen LogP contribution in [0.15, 0.2) is 53.4 Å². The van der Waals surface area contributed by atoms with Crippen LogP contribution < -0.4 is 16.0 Å². The van der Waals surface area contributed by atoms with Crippen LogP contribution in [-0.4, -0.2) is 24.7 Å². The van der Waals surface area contributed by atoms with E-state index in [9.17, 15) is 9.59 Å². The van der Waals surface area contributed by atoms with Gasteiger partial charge in [0.1, 0.15) is 0 Å². The zero-order valence-electron chi connectivity index (χ0n) is 13.1. The topological polar surface area (TPSA) is 70.2 Å². The average Bonchev–Trinajstić information content (AvgIpc) is 2.58. The van der Waals surface area contributed by atoms with Crippen LogP contribution >= 0.6 is 23.4 Å². The Morgan fingerprint density at radius 2 is 1.62 bits per heavy atom. The summed E-state index contributed by atoms with van der Waals surface area (Å²) in [5, 5.41) is 8.64.